The number of nitrogens with one attached hydrogen (secondary N) is 2. The van der Waals surface area contributed by atoms with Crippen LogP contribution >= 0.6 is 11.8 Å². The van der Waals surface area contributed by atoms with Crippen molar-refractivity contribution in [3.63, 3.8) is 0 Å². The minimum absolute atomic E-state index is 0.0150. The van der Waals surface area contributed by atoms with Crippen molar-refractivity contribution < 1.29 is 14.8 Å². The van der Waals surface area contributed by atoms with Crippen LogP contribution in [-0.2, 0) is 12.3 Å². The van der Waals surface area contributed by atoms with E-state index in [0.717, 1.165) is 35.8 Å². The van der Waals surface area contributed by atoms with E-state index in [1.54, 1.807) is 18.8 Å². The molecule has 0 fully saturated rings. The molecule has 0 spiro atoms. The summed E-state index contributed by atoms with van der Waals surface area (Å²) in [6.45, 7) is 1.51. The molecule has 0 aromatic carbocycles. The molecule has 0 amide bonds. The molecular formula is C13H24N4O3S. The fourth-order valence-corrected chi connectivity index (χ4v) is 2.39. The Labute approximate surface area is 129 Å². The molecule has 21 heavy (non-hydrogen) atoms. The summed E-state index contributed by atoms with van der Waals surface area (Å²) < 4.78 is 5.72. The highest BCUT2D eigenvalue weighted by Gasteiger charge is 2.03. The molecule has 1 aromatic rings. The summed E-state index contributed by atoms with van der Waals surface area (Å²) in [5.41, 5.74) is 0. The van der Waals surface area contributed by atoms with Gasteiger partial charge in [-0.25, -0.2) is 0 Å². The van der Waals surface area contributed by atoms with Crippen LogP contribution in [0.3, 0.4) is 0 Å². The predicted octanol–water partition coefficient (Wildman–Crippen LogP) is 1.26. The molecule has 1 aromatic heterocycles. The number of nitrogens with zero attached hydrogens (tertiary/aromatic N) is 2. The zero-order valence-electron chi connectivity index (χ0n) is 12.7. The van der Waals surface area contributed by atoms with E-state index in [2.05, 4.69) is 15.5 Å². The van der Waals surface area contributed by atoms with E-state index >= 15 is 0 Å². The molecule has 7 nitrogen and oxygen atoms in total. The van der Waals surface area contributed by atoms with Crippen molar-refractivity contribution in [2.75, 3.05) is 33.4 Å². The Kier molecular flexibility index (Phi) is 8.06. The van der Waals surface area contributed by atoms with Crippen LogP contribution in [0.1, 0.15) is 11.5 Å². The maximum Gasteiger partial charge on any atom is 0.120 e. The molecule has 0 saturated heterocycles. The summed E-state index contributed by atoms with van der Waals surface area (Å²) in [6, 6.07) is 4.01. The summed E-state index contributed by atoms with van der Waals surface area (Å²) >= 11 is 1.75. The highest BCUT2D eigenvalue weighted by molar-refractivity contribution is 7.98. The number of furan rings is 1. The quantitative estimate of drug-likeness (QED) is 0.379. The molecule has 120 valence electrons. The van der Waals surface area contributed by atoms with Crippen LogP contribution in [0.5, 0.6) is 0 Å². The van der Waals surface area contributed by atoms with Crippen LogP contribution in [0.15, 0.2) is 28.6 Å². The average Bonchev–Trinajstić information content (AvgIpc) is 2.83. The molecule has 0 bridgehead atoms. The van der Waals surface area contributed by atoms with Gasteiger partial charge in [0.2, 0.25) is 0 Å². The zero-order valence-corrected chi connectivity index (χ0v) is 13.5. The molecule has 0 aliphatic carbocycles. The van der Waals surface area contributed by atoms with Crippen molar-refractivity contribution in [3.8, 4) is 0 Å². The van der Waals surface area contributed by atoms with Crippen LogP contribution in [0.2, 0.25) is 0 Å². The van der Waals surface area contributed by atoms with Gasteiger partial charge in [0.1, 0.15) is 17.3 Å². The second-order valence-corrected chi connectivity index (χ2v) is 5.80. The molecule has 1 heterocycles. The third kappa shape index (κ3) is 7.86. The van der Waals surface area contributed by atoms with Gasteiger partial charge in [-0.1, -0.05) is 0 Å². The van der Waals surface area contributed by atoms with Gasteiger partial charge < -0.3 is 20.0 Å². The zero-order chi connectivity index (χ0) is 15.7. The van der Waals surface area contributed by atoms with Gasteiger partial charge in [0, 0.05) is 19.3 Å². The van der Waals surface area contributed by atoms with Gasteiger partial charge in [-0.2, -0.15) is 11.8 Å². The lowest BCUT2D eigenvalue weighted by molar-refractivity contribution is -0.268. The van der Waals surface area contributed by atoms with E-state index in [9.17, 15) is 0 Å². The Bertz CT molecular complexity index is 435. The van der Waals surface area contributed by atoms with E-state index in [-0.39, 0.29) is 5.23 Å². The van der Waals surface area contributed by atoms with Crippen molar-refractivity contribution in [1.29, 1.82) is 0 Å². The maximum atomic E-state index is 8.68. The summed E-state index contributed by atoms with van der Waals surface area (Å²) in [6.07, 6.45) is 1.14. The Balaban J connectivity index is 2.20. The summed E-state index contributed by atoms with van der Waals surface area (Å²) in [5, 5.41) is 23.2. The molecular weight excluding hydrogens is 292 g/mol. The van der Waals surface area contributed by atoms with E-state index in [1.807, 2.05) is 26.2 Å². The third-order valence-corrected chi connectivity index (χ3v) is 3.49. The monoisotopic (exact) mass is 316 g/mol. The van der Waals surface area contributed by atoms with Gasteiger partial charge in [0.15, 0.2) is 0 Å². The molecule has 0 saturated carbocycles. The van der Waals surface area contributed by atoms with Crippen molar-refractivity contribution >= 4 is 11.8 Å². The van der Waals surface area contributed by atoms with Crippen molar-refractivity contribution in [3.05, 3.63) is 35.7 Å². The van der Waals surface area contributed by atoms with Gasteiger partial charge in [0.05, 0.1) is 18.5 Å². The number of thioether (sulfide) groups is 1. The molecule has 0 aliphatic heterocycles. The number of hydrogen-bond donors (Lipinski definition) is 4. The van der Waals surface area contributed by atoms with Gasteiger partial charge in [0.25, 0.3) is 0 Å². The topological polar surface area (TPSA) is 84.1 Å². The first-order chi connectivity index (χ1) is 10.0. The van der Waals surface area contributed by atoms with E-state index in [0.29, 0.717) is 12.4 Å². The van der Waals surface area contributed by atoms with Gasteiger partial charge in [-0.05, 0) is 26.2 Å². The van der Waals surface area contributed by atoms with E-state index in [4.69, 9.17) is 14.8 Å². The summed E-state index contributed by atoms with van der Waals surface area (Å²) in [4.78, 5) is 2.07. The molecule has 4 N–H and O–H groups in total. The Hall–Kier alpha value is -1.35. The first-order valence-corrected chi connectivity index (χ1v) is 7.77. The molecule has 1 rings (SSSR count). The van der Waals surface area contributed by atoms with Gasteiger partial charge in [-0.3, -0.25) is 10.4 Å². The second-order valence-electron chi connectivity index (χ2n) is 4.70. The van der Waals surface area contributed by atoms with Crippen molar-refractivity contribution in [2.45, 2.75) is 12.3 Å². The lowest BCUT2D eigenvalue weighted by Crippen LogP contribution is -2.27. The highest BCUT2D eigenvalue weighted by Crippen LogP contribution is 2.15. The minimum atomic E-state index is 0.0150. The number of rotatable bonds is 10. The standard InChI is InChI=1S/C13H24N4O3S/c1-14-13(9-17(18)19)15-6-7-21-10-12-5-4-11(20-12)8-16(2)3/h4-5,9,14-15,18-19H,6-8,10H2,1-3H3. The normalized spacial score (nSPS) is 11.8. The van der Waals surface area contributed by atoms with Crippen LogP contribution in [0.4, 0.5) is 0 Å². The predicted molar refractivity (Wildman–Crippen MR) is 82.8 cm³/mol. The van der Waals surface area contributed by atoms with Crippen LogP contribution < -0.4 is 10.6 Å². The molecule has 0 aliphatic rings. The molecule has 8 heteroatoms. The van der Waals surface area contributed by atoms with Crippen LogP contribution in [0.25, 0.3) is 0 Å². The highest BCUT2D eigenvalue weighted by atomic mass is 32.2. The van der Waals surface area contributed by atoms with Crippen molar-refractivity contribution in [2.24, 2.45) is 0 Å². The Morgan fingerprint density at radius 1 is 1.33 bits per heavy atom. The van der Waals surface area contributed by atoms with Crippen LogP contribution in [-0.4, -0.2) is 54.0 Å². The first-order valence-electron chi connectivity index (χ1n) is 6.61. The SMILES string of the molecule is CNC(=CN(O)O)NCCSCc1ccc(CN(C)C)o1. The third-order valence-electron chi connectivity index (χ3n) is 2.51. The van der Waals surface area contributed by atoms with E-state index in [1.165, 1.54) is 0 Å². The Morgan fingerprint density at radius 3 is 2.67 bits per heavy atom. The maximum absolute atomic E-state index is 8.68. The average molecular weight is 316 g/mol. The first kappa shape index (κ1) is 17.7. The summed E-state index contributed by atoms with van der Waals surface area (Å²) in [5.74, 6) is 4.17. The molecule has 0 unspecified atom stereocenters. The fraction of sp³-hybridized carbons (Fsp3) is 0.538. The minimum Gasteiger partial charge on any atom is -0.464 e. The number of hydrogen-bond acceptors (Lipinski definition) is 8. The largest absolute Gasteiger partial charge is 0.464 e. The molecule has 0 radical (unpaired) electrons. The number of hydroxylamine groups is 2. The van der Waals surface area contributed by atoms with E-state index < -0.39 is 0 Å². The Morgan fingerprint density at radius 2 is 2.05 bits per heavy atom. The van der Waals surface area contributed by atoms with Gasteiger partial charge >= 0.3 is 0 Å². The van der Waals surface area contributed by atoms with Gasteiger partial charge in [-0.15, -0.1) is 5.23 Å². The lowest BCUT2D eigenvalue weighted by Gasteiger charge is -2.11. The second kappa shape index (κ2) is 9.56. The lowest BCUT2D eigenvalue weighted by atomic mass is 10.4. The molecule has 0 atom stereocenters. The van der Waals surface area contributed by atoms with Crippen LogP contribution in [0, 0.1) is 0 Å². The summed E-state index contributed by atoms with van der Waals surface area (Å²) in [7, 11) is 5.72. The van der Waals surface area contributed by atoms with Crippen molar-refractivity contribution in [1.82, 2.24) is 20.8 Å². The fourth-order valence-electron chi connectivity index (χ4n) is 1.64. The smallest absolute Gasteiger partial charge is 0.120 e.